The van der Waals surface area contributed by atoms with Gasteiger partial charge in [0.05, 0.1) is 12.8 Å². The molecule has 0 aliphatic heterocycles. The number of nitrogens with two attached hydrogens (primary N) is 1. The third kappa shape index (κ3) is 3.17. The number of rotatable bonds is 5. The molecule has 21 heavy (non-hydrogen) atoms. The number of nitrogen functional groups attached to an aromatic ring is 1. The highest BCUT2D eigenvalue weighted by Gasteiger charge is 2.24. The van der Waals surface area contributed by atoms with Crippen LogP contribution < -0.4 is 15.2 Å². The van der Waals surface area contributed by atoms with Crippen molar-refractivity contribution in [3.63, 3.8) is 0 Å². The van der Waals surface area contributed by atoms with E-state index in [-0.39, 0.29) is 17.3 Å². The monoisotopic (exact) mass is 310 g/mol. The Morgan fingerprint density at radius 1 is 1.43 bits per heavy atom. The van der Waals surface area contributed by atoms with Crippen molar-refractivity contribution in [1.82, 2.24) is 14.5 Å². The molecule has 2 rings (SSSR count). The van der Waals surface area contributed by atoms with Gasteiger partial charge < -0.3 is 10.5 Å². The van der Waals surface area contributed by atoms with Crippen LogP contribution in [0, 0.1) is 6.92 Å². The van der Waals surface area contributed by atoms with Gasteiger partial charge in [-0.2, -0.15) is 5.10 Å². The molecule has 0 spiro atoms. The van der Waals surface area contributed by atoms with Crippen molar-refractivity contribution in [3.05, 3.63) is 35.5 Å². The van der Waals surface area contributed by atoms with Gasteiger partial charge in [-0.25, -0.2) is 13.1 Å². The summed E-state index contributed by atoms with van der Waals surface area (Å²) in [7, 11) is -0.514. The number of nitrogens with zero attached hydrogens (tertiary/aromatic N) is 2. The lowest BCUT2D eigenvalue weighted by atomic mass is 10.2. The van der Waals surface area contributed by atoms with Gasteiger partial charge >= 0.3 is 0 Å². The third-order valence-electron chi connectivity index (χ3n) is 3.17. The molecule has 0 amide bonds. The highest BCUT2D eigenvalue weighted by atomic mass is 32.2. The van der Waals surface area contributed by atoms with Crippen molar-refractivity contribution in [3.8, 4) is 5.75 Å². The molecule has 0 radical (unpaired) electrons. The molecule has 3 N–H and O–H groups in total. The molecule has 0 bridgehead atoms. The summed E-state index contributed by atoms with van der Waals surface area (Å²) in [6, 6.07) is 7.17. The van der Waals surface area contributed by atoms with Gasteiger partial charge in [0.25, 0.3) is 0 Å². The highest BCUT2D eigenvalue weighted by molar-refractivity contribution is 7.89. The Morgan fingerprint density at radius 3 is 2.71 bits per heavy atom. The molecule has 1 aromatic heterocycles. The molecule has 0 saturated carbocycles. The van der Waals surface area contributed by atoms with E-state index < -0.39 is 10.0 Å². The van der Waals surface area contributed by atoms with Crippen LogP contribution >= 0.6 is 0 Å². The van der Waals surface area contributed by atoms with E-state index in [0.717, 1.165) is 5.56 Å². The first-order valence-electron chi connectivity index (χ1n) is 6.27. The van der Waals surface area contributed by atoms with Gasteiger partial charge in [-0.05, 0) is 24.6 Å². The molecule has 114 valence electrons. The summed E-state index contributed by atoms with van der Waals surface area (Å²) in [5.74, 6) is 0.664. The molecule has 7 nitrogen and oxygen atoms in total. The standard InChI is InChI=1S/C13H18N4O3S/c1-9-12(13(14)16-17(9)2)21(18,19)15-8-10-5-4-6-11(7-10)20-3/h4-7,15H,8H2,1-3H3,(H2,14,16). The van der Waals surface area contributed by atoms with E-state index in [0.29, 0.717) is 11.4 Å². The van der Waals surface area contributed by atoms with Crippen LogP contribution in [0.5, 0.6) is 5.75 Å². The Kier molecular flexibility index (Phi) is 4.19. The fraction of sp³-hybridized carbons (Fsp3) is 0.308. The fourth-order valence-corrected chi connectivity index (χ4v) is 3.32. The van der Waals surface area contributed by atoms with Gasteiger partial charge in [-0.15, -0.1) is 0 Å². The van der Waals surface area contributed by atoms with E-state index in [2.05, 4.69) is 9.82 Å². The number of hydrogen-bond donors (Lipinski definition) is 2. The second-order valence-electron chi connectivity index (χ2n) is 4.60. The van der Waals surface area contributed by atoms with E-state index in [4.69, 9.17) is 10.5 Å². The Morgan fingerprint density at radius 2 is 2.14 bits per heavy atom. The molecule has 0 saturated heterocycles. The number of aryl methyl sites for hydroxylation is 1. The van der Waals surface area contributed by atoms with Gasteiger partial charge in [-0.1, -0.05) is 12.1 Å². The molecule has 0 unspecified atom stereocenters. The number of nitrogens with one attached hydrogen (secondary N) is 1. The molecule has 0 aliphatic carbocycles. The second kappa shape index (κ2) is 5.74. The normalized spacial score (nSPS) is 11.6. The largest absolute Gasteiger partial charge is 0.497 e. The van der Waals surface area contributed by atoms with Crippen molar-refractivity contribution in [2.24, 2.45) is 7.05 Å². The van der Waals surface area contributed by atoms with Crippen LogP contribution in [0.2, 0.25) is 0 Å². The third-order valence-corrected chi connectivity index (χ3v) is 4.74. The topological polar surface area (TPSA) is 99.2 Å². The zero-order valence-electron chi connectivity index (χ0n) is 12.1. The maximum Gasteiger partial charge on any atom is 0.246 e. The average molecular weight is 310 g/mol. The van der Waals surface area contributed by atoms with Gasteiger partial charge in [0, 0.05) is 13.6 Å². The number of ether oxygens (including phenoxy) is 1. The van der Waals surface area contributed by atoms with E-state index in [1.54, 1.807) is 39.3 Å². The first-order chi connectivity index (χ1) is 9.85. The van der Waals surface area contributed by atoms with Gasteiger partial charge in [0.2, 0.25) is 10.0 Å². The van der Waals surface area contributed by atoms with Crippen LogP contribution in [-0.4, -0.2) is 25.3 Å². The number of sulfonamides is 1. The quantitative estimate of drug-likeness (QED) is 0.851. The summed E-state index contributed by atoms with van der Waals surface area (Å²) in [6.07, 6.45) is 0. The van der Waals surface area contributed by atoms with E-state index in [1.165, 1.54) is 4.68 Å². The number of aromatic nitrogens is 2. The zero-order chi connectivity index (χ0) is 15.6. The SMILES string of the molecule is COc1cccc(CNS(=O)(=O)c2c(N)nn(C)c2C)c1. The Balaban J connectivity index is 2.22. The maximum absolute atomic E-state index is 12.3. The summed E-state index contributed by atoms with van der Waals surface area (Å²) in [6.45, 7) is 1.80. The molecule has 1 aromatic carbocycles. The molecule has 2 aromatic rings. The summed E-state index contributed by atoms with van der Waals surface area (Å²) < 4.78 is 33.7. The van der Waals surface area contributed by atoms with Gasteiger partial charge in [-0.3, -0.25) is 4.68 Å². The molecule has 0 aliphatic rings. The molecule has 8 heteroatoms. The fourth-order valence-electron chi connectivity index (χ4n) is 1.98. The van der Waals surface area contributed by atoms with Crippen LogP contribution in [-0.2, 0) is 23.6 Å². The maximum atomic E-state index is 12.3. The predicted octanol–water partition coefficient (Wildman–Crippen LogP) is 0.798. The van der Waals surface area contributed by atoms with E-state index in [1.807, 2.05) is 6.07 Å². The van der Waals surface area contributed by atoms with Crippen molar-refractivity contribution in [1.29, 1.82) is 0 Å². The minimum absolute atomic E-state index is 0.00635. The van der Waals surface area contributed by atoms with Crippen LogP contribution in [0.3, 0.4) is 0 Å². The lowest BCUT2D eigenvalue weighted by Gasteiger charge is -2.08. The Bertz CT molecular complexity index is 753. The smallest absolute Gasteiger partial charge is 0.246 e. The van der Waals surface area contributed by atoms with Crippen molar-refractivity contribution < 1.29 is 13.2 Å². The minimum Gasteiger partial charge on any atom is -0.497 e. The summed E-state index contributed by atoms with van der Waals surface area (Å²) >= 11 is 0. The predicted molar refractivity (Wildman–Crippen MR) is 79.4 cm³/mol. The van der Waals surface area contributed by atoms with E-state index >= 15 is 0 Å². The molecular formula is C13H18N4O3S. The van der Waals surface area contributed by atoms with Crippen molar-refractivity contribution in [2.75, 3.05) is 12.8 Å². The zero-order valence-corrected chi connectivity index (χ0v) is 12.9. The first-order valence-corrected chi connectivity index (χ1v) is 7.75. The Hall–Kier alpha value is -2.06. The average Bonchev–Trinajstić information content (AvgIpc) is 2.71. The summed E-state index contributed by atoms with van der Waals surface area (Å²) in [5, 5.41) is 3.91. The lowest BCUT2D eigenvalue weighted by molar-refractivity contribution is 0.414. The number of hydrogen-bond acceptors (Lipinski definition) is 5. The number of anilines is 1. The van der Waals surface area contributed by atoms with E-state index in [9.17, 15) is 8.42 Å². The lowest BCUT2D eigenvalue weighted by Crippen LogP contribution is -2.24. The number of benzene rings is 1. The van der Waals surface area contributed by atoms with Crippen molar-refractivity contribution >= 4 is 15.8 Å². The van der Waals surface area contributed by atoms with Crippen LogP contribution in [0.4, 0.5) is 5.82 Å². The highest BCUT2D eigenvalue weighted by Crippen LogP contribution is 2.21. The minimum atomic E-state index is -3.72. The Labute approximate surface area is 123 Å². The van der Waals surface area contributed by atoms with Crippen molar-refractivity contribution in [2.45, 2.75) is 18.4 Å². The molecule has 0 atom stereocenters. The van der Waals surface area contributed by atoms with Gasteiger partial charge in [0.15, 0.2) is 5.82 Å². The molecular weight excluding hydrogens is 292 g/mol. The summed E-state index contributed by atoms with van der Waals surface area (Å²) in [4.78, 5) is 0.0212. The second-order valence-corrected chi connectivity index (χ2v) is 6.30. The summed E-state index contributed by atoms with van der Waals surface area (Å²) in [5.41, 5.74) is 6.95. The van der Waals surface area contributed by atoms with Crippen LogP contribution in [0.1, 0.15) is 11.3 Å². The van der Waals surface area contributed by atoms with Crippen LogP contribution in [0.25, 0.3) is 0 Å². The molecule has 0 fully saturated rings. The molecule has 1 heterocycles. The van der Waals surface area contributed by atoms with Crippen LogP contribution in [0.15, 0.2) is 29.2 Å². The van der Waals surface area contributed by atoms with Gasteiger partial charge in [0.1, 0.15) is 10.6 Å². The number of methoxy groups -OCH3 is 1. The first kappa shape index (κ1) is 15.3.